The third-order valence-electron chi connectivity index (χ3n) is 4.94. The smallest absolute Gasteiger partial charge is 0.422 e. The number of nitrogens with zero attached hydrogens (tertiary/aromatic N) is 4. The Kier molecular flexibility index (Phi) is 5.08. The van der Waals surface area contributed by atoms with E-state index in [1.54, 1.807) is 36.1 Å². The quantitative estimate of drug-likeness (QED) is 0.652. The number of aryl methyl sites for hydroxylation is 1. The molecular weight excluding hydrogens is 399 g/mol. The zero-order valence-corrected chi connectivity index (χ0v) is 16.4. The normalized spacial score (nSPS) is 15.2. The zero-order valence-electron chi connectivity index (χ0n) is 16.4. The highest BCUT2D eigenvalue weighted by Gasteiger charge is 2.30. The van der Waals surface area contributed by atoms with Gasteiger partial charge in [-0.1, -0.05) is 0 Å². The van der Waals surface area contributed by atoms with Crippen molar-refractivity contribution in [3.8, 4) is 5.75 Å². The second kappa shape index (κ2) is 7.58. The molecule has 1 N–H and O–H groups in total. The van der Waals surface area contributed by atoms with Crippen molar-refractivity contribution in [3.05, 3.63) is 42.0 Å². The van der Waals surface area contributed by atoms with Crippen molar-refractivity contribution in [1.82, 2.24) is 19.7 Å². The molecule has 1 fully saturated rings. The van der Waals surface area contributed by atoms with E-state index in [1.165, 1.54) is 6.20 Å². The van der Waals surface area contributed by atoms with Gasteiger partial charge in [0, 0.05) is 18.3 Å². The number of hydrogen-bond acceptors (Lipinski definition) is 5. The molecule has 1 saturated carbocycles. The van der Waals surface area contributed by atoms with Crippen molar-refractivity contribution < 1.29 is 22.7 Å². The van der Waals surface area contributed by atoms with Gasteiger partial charge < -0.3 is 10.1 Å². The third kappa shape index (κ3) is 4.37. The summed E-state index contributed by atoms with van der Waals surface area (Å²) in [5, 5.41) is 8.11. The van der Waals surface area contributed by atoms with E-state index in [0.717, 1.165) is 12.8 Å². The van der Waals surface area contributed by atoms with Crippen molar-refractivity contribution >= 4 is 22.6 Å². The molecule has 3 heterocycles. The molecule has 158 valence electrons. The van der Waals surface area contributed by atoms with Gasteiger partial charge in [0.2, 0.25) is 5.91 Å². The molecule has 0 radical (unpaired) electrons. The van der Waals surface area contributed by atoms with Crippen LogP contribution >= 0.6 is 0 Å². The number of nitrogens with one attached hydrogen (secondary N) is 1. The van der Waals surface area contributed by atoms with Crippen LogP contribution in [0.25, 0.3) is 10.9 Å². The molecule has 4 rings (SSSR count). The summed E-state index contributed by atoms with van der Waals surface area (Å²) in [6, 6.07) is 3.13. The maximum atomic E-state index is 12.4. The van der Waals surface area contributed by atoms with Crippen LogP contribution in [0.3, 0.4) is 0 Å². The zero-order chi connectivity index (χ0) is 21.5. The Balaban J connectivity index is 1.56. The lowest BCUT2D eigenvalue weighted by Gasteiger charge is -2.15. The molecule has 1 unspecified atom stereocenters. The summed E-state index contributed by atoms with van der Waals surface area (Å²) in [6.07, 6.45) is 2.04. The fraction of sp³-hybridized carbons (Fsp3) is 0.400. The van der Waals surface area contributed by atoms with Crippen molar-refractivity contribution in [2.45, 2.75) is 38.9 Å². The summed E-state index contributed by atoms with van der Waals surface area (Å²) in [6.45, 7) is 2.18. The van der Waals surface area contributed by atoms with E-state index in [4.69, 9.17) is 4.74 Å². The maximum Gasteiger partial charge on any atom is 0.422 e. The number of carbonyl (C=O) groups is 1. The summed E-state index contributed by atoms with van der Waals surface area (Å²) in [4.78, 5) is 20.6. The third-order valence-corrected chi connectivity index (χ3v) is 4.94. The number of ether oxygens (including phenoxy) is 1. The topological polar surface area (TPSA) is 81.9 Å². The monoisotopic (exact) mass is 419 g/mol. The highest BCUT2D eigenvalue weighted by Crippen LogP contribution is 2.31. The molecule has 0 aliphatic heterocycles. The summed E-state index contributed by atoms with van der Waals surface area (Å²) in [5.74, 6) is 0.565. The number of alkyl halides is 3. The van der Waals surface area contributed by atoms with E-state index < -0.39 is 12.8 Å². The predicted molar refractivity (Wildman–Crippen MR) is 103 cm³/mol. The first-order valence-electron chi connectivity index (χ1n) is 9.52. The van der Waals surface area contributed by atoms with Crippen LogP contribution in [0.4, 0.5) is 19.0 Å². The molecule has 0 spiro atoms. The van der Waals surface area contributed by atoms with Gasteiger partial charge in [-0.2, -0.15) is 18.3 Å². The van der Waals surface area contributed by atoms with Crippen LogP contribution in [0.5, 0.6) is 5.75 Å². The van der Waals surface area contributed by atoms with E-state index in [9.17, 15) is 18.0 Å². The fourth-order valence-corrected chi connectivity index (χ4v) is 3.07. The lowest BCUT2D eigenvalue weighted by Crippen LogP contribution is -2.19. The number of carbonyl (C=O) groups excluding carboxylic acids is 1. The van der Waals surface area contributed by atoms with Gasteiger partial charge in [-0.15, -0.1) is 0 Å². The molecule has 3 aromatic heterocycles. The van der Waals surface area contributed by atoms with Crippen molar-refractivity contribution in [1.29, 1.82) is 0 Å². The molecule has 0 saturated heterocycles. The summed E-state index contributed by atoms with van der Waals surface area (Å²) < 4.78 is 43.6. The van der Waals surface area contributed by atoms with E-state index in [2.05, 4.69) is 20.4 Å². The average Bonchev–Trinajstić information content (AvgIpc) is 3.45. The maximum absolute atomic E-state index is 12.4. The number of anilines is 1. The van der Waals surface area contributed by atoms with Gasteiger partial charge in [0.1, 0.15) is 11.6 Å². The number of hydrogen-bond donors (Lipinski definition) is 1. The summed E-state index contributed by atoms with van der Waals surface area (Å²) in [7, 11) is 0. The van der Waals surface area contributed by atoms with Crippen LogP contribution in [0.15, 0.2) is 30.7 Å². The Morgan fingerprint density at radius 2 is 2.13 bits per heavy atom. The Hall–Kier alpha value is -3.17. The van der Waals surface area contributed by atoms with E-state index >= 15 is 0 Å². The second-order valence-electron chi connectivity index (χ2n) is 7.42. The van der Waals surface area contributed by atoms with Gasteiger partial charge in [0.05, 0.1) is 28.8 Å². The average molecular weight is 419 g/mol. The fourth-order valence-electron chi connectivity index (χ4n) is 3.07. The number of rotatable bonds is 6. The molecule has 10 heteroatoms. The highest BCUT2D eigenvalue weighted by atomic mass is 19.4. The lowest BCUT2D eigenvalue weighted by atomic mass is 10.1. The molecule has 3 aromatic rings. The molecule has 1 amide bonds. The first-order valence-corrected chi connectivity index (χ1v) is 9.52. The number of halogens is 3. The number of fused-ring (bicyclic) bond motifs is 1. The van der Waals surface area contributed by atoms with Gasteiger partial charge >= 0.3 is 6.18 Å². The van der Waals surface area contributed by atoms with Crippen molar-refractivity contribution in [3.63, 3.8) is 0 Å². The van der Waals surface area contributed by atoms with Crippen LogP contribution < -0.4 is 10.1 Å². The Morgan fingerprint density at radius 1 is 1.37 bits per heavy atom. The molecule has 1 atom stereocenters. The van der Waals surface area contributed by atoms with Gasteiger partial charge in [-0.05, 0) is 44.4 Å². The molecule has 0 bridgehead atoms. The second-order valence-corrected chi connectivity index (χ2v) is 7.42. The van der Waals surface area contributed by atoms with Gasteiger partial charge in [-0.25, -0.2) is 4.98 Å². The van der Waals surface area contributed by atoms with Crippen LogP contribution in [0.2, 0.25) is 0 Å². The SMILES string of the molecule is Cc1cc(C(C)n2cc3c(NC(=O)C4CC4)nccc3n2)ncc1OCC(F)(F)F. The number of amides is 1. The predicted octanol–water partition coefficient (Wildman–Crippen LogP) is 4.03. The van der Waals surface area contributed by atoms with Crippen LogP contribution in [-0.4, -0.2) is 38.4 Å². The van der Waals surface area contributed by atoms with Gasteiger partial charge in [-0.3, -0.25) is 14.5 Å². The van der Waals surface area contributed by atoms with Crippen LogP contribution in [0, 0.1) is 12.8 Å². The van der Waals surface area contributed by atoms with Gasteiger partial charge in [0.15, 0.2) is 6.61 Å². The lowest BCUT2D eigenvalue weighted by molar-refractivity contribution is -0.153. The van der Waals surface area contributed by atoms with E-state index in [1.807, 2.05) is 6.92 Å². The van der Waals surface area contributed by atoms with Crippen LogP contribution in [-0.2, 0) is 4.79 Å². The minimum atomic E-state index is -4.41. The van der Waals surface area contributed by atoms with Crippen LogP contribution in [0.1, 0.15) is 37.1 Å². The number of pyridine rings is 2. The van der Waals surface area contributed by atoms with E-state index in [0.29, 0.717) is 28.0 Å². The first kappa shape index (κ1) is 20.1. The highest BCUT2D eigenvalue weighted by molar-refractivity contribution is 6.00. The molecule has 0 aromatic carbocycles. The van der Waals surface area contributed by atoms with Crippen molar-refractivity contribution in [2.24, 2.45) is 5.92 Å². The first-order chi connectivity index (χ1) is 14.2. The minimum absolute atomic E-state index is 0.0393. The Bertz CT molecular complexity index is 1090. The molecule has 1 aliphatic carbocycles. The summed E-state index contributed by atoms with van der Waals surface area (Å²) in [5.41, 5.74) is 1.84. The molecule has 7 nitrogen and oxygen atoms in total. The van der Waals surface area contributed by atoms with E-state index in [-0.39, 0.29) is 23.6 Å². The Labute approximate surface area is 170 Å². The standard InChI is InChI=1S/C20H20F3N5O2/c1-11-7-16(25-8-17(11)30-10-20(21,22)23)12(2)28-9-14-15(27-28)5-6-24-18(14)26-19(29)13-3-4-13/h5-9,12-13H,3-4,10H2,1-2H3,(H,24,26,29). The molecular formula is C20H20F3N5O2. The van der Waals surface area contributed by atoms with Gasteiger partial charge in [0.25, 0.3) is 0 Å². The number of aromatic nitrogens is 4. The molecule has 1 aliphatic rings. The summed E-state index contributed by atoms with van der Waals surface area (Å²) >= 11 is 0. The minimum Gasteiger partial charge on any atom is -0.482 e. The van der Waals surface area contributed by atoms with Crippen molar-refractivity contribution in [2.75, 3.05) is 11.9 Å². The molecule has 30 heavy (non-hydrogen) atoms. The largest absolute Gasteiger partial charge is 0.482 e. The Morgan fingerprint density at radius 3 is 2.80 bits per heavy atom.